The number of aliphatic hydroxyl groups excluding tert-OH is 1. The highest BCUT2D eigenvalue weighted by Gasteiger charge is 2.03. The van der Waals surface area contributed by atoms with Crippen molar-refractivity contribution in [2.24, 2.45) is 0 Å². The molecule has 2 rings (SSSR count). The van der Waals surface area contributed by atoms with Gasteiger partial charge in [0, 0.05) is 0 Å². The molecule has 0 aliphatic rings. The molecule has 0 spiro atoms. The second-order valence-corrected chi connectivity index (χ2v) is 4.43. The number of benzene rings is 2. The van der Waals surface area contributed by atoms with Crippen molar-refractivity contribution in [3.63, 3.8) is 0 Å². The molecule has 0 heterocycles. The van der Waals surface area contributed by atoms with E-state index in [0.29, 0.717) is 22.9 Å². The molecule has 0 unspecified atom stereocenters. The number of halogens is 1. The Morgan fingerprint density at radius 2 is 2.00 bits per heavy atom. The summed E-state index contributed by atoms with van der Waals surface area (Å²) in [5.41, 5.74) is 2.24. The van der Waals surface area contributed by atoms with Gasteiger partial charge in [-0.05, 0) is 35.4 Å². The maximum absolute atomic E-state index is 8.99. The largest absolute Gasteiger partial charge is 0.487 e. The molecule has 0 aliphatic heterocycles. The third kappa shape index (κ3) is 3.47. The van der Waals surface area contributed by atoms with E-state index in [1.807, 2.05) is 12.1 Å². The maximum Gasteiger partial charge on any atom is 0.138 e. The van der Waals surface area contributed by atoms with Gasteiger partial charge in [-0.15, -0.1) is 0 Å². The molecular formula is C15H12ClNO2. The van der Waals surface area contributed by atoms with Crippen molar-refractivity contribution in [1.29, 1.82) is 5.26 Å². The fourth-order valence-corrected chi connectivity index (χ4v) is 1.91. The summed E-state index contributed by atoms with van der Waals surface area (Å²) in [5, 5.41) is 18.3. The first-order chi connectivity index (χ1) is 9.22. The van der Waals surface area contributed by atoms with Crippen molar-refractivity contribution in [3.8, 4) is 11.8 Å². The molecule has 2 aromatic rings. The van der Waals surface area contributed by atoms with Crippen LogP contribution in [-0.2, 0) is 13.2 Å². The SMILES string of the molecule is N#Cc1cccc(COc2ccc(CO)cc2Cl)c1. The zero-order chi connectivity index (χ0) is 13.7. The van der Waals surface area contributed by atoms with E-state index in [-0.39, 0.29) is 6.61 Å². The molecule has 1 N–H and O–H groups in total. The lowest BCUT2D eigenvalue weighted by Crippen LogP contribution is -1.97. The monoisotopic (exact) mass is 273 g/mol. The molecular weight excluding hydrogens is 262 g/mol. The lowest BCUT2D eigenvalue weighted by Gasteiger charge is -2.09. The van der Waals surface area contributed by atoms with Crippen LogP contribution in [0.3, 0.4) is 0 Å². The van der Waals surface area contributed by atoms with Gasteiger partial charge < -0.3 is 9.84 Å². The number of rotatable bonds is 4. The predicted molar refractivity (Wildman–Crippen MR) is 72.9 cm³/mol. The van der Waals surface area contributed by atoms with Crippen LogP contribution in [0.2, 0.25) is 5.02 Å². The Hall–Kier alpha value is -2.02. The fraction of sp³-hybridized carbons (Fsp3) is 0.133. The van der Waals surface area contributed by atoms with Gasteiger partial charge in [-0.25, -0.2) is 0 Å². The Labute approximate surface area is 116 Å². The van der Waals surface area contributed by atoms with Gasteiger partial charge in [0.05, 0.1) is 23.3 Å². The summed E-state index contributed by atoms with van der Waals surface area (Å²) in [6.07, 6.45) is 0. The lowest BCUT2D eigenvalue weighted by molar-refractivity contribution is 0.281. The first kappa shape index (κ1) is 13.4. The molecule has 0 bridgehead atoms. The van der Waals surface area contributed by atoms with Crippen LogP contribution in [0.25, 0.3) is 0 Å². The number of hydrogen-bond donors (Lipinski definition) is 1. The third-order valence-corrected chi connectivity index (χ3v) is 2.92. The van der Waals surface area contributed by atoms with Crippen molar-refractivity contribution < 1.29 is 9.84 Å². The van der Waals surface area contributed by atoms with Crippen molar-refractivity contribution in [3.05, 3.63) is 64.2 Å². The van der Waals surface area contributed by atoms with Gasteiger partial charge in [0.15, 0.2) is 0 Å². The van der Waals surface area contributed by atoms with Crippen LogP contribution >= 0.6 is 11.6 Å². The molecule has 0 amide bonds. The van der Waals surface area contributed by atoms with Crippen molar-refractivity contribution >= 4 is 11.6 Å². The lowest BCUT2D eigenvalue weighted by atomic mass is 10.1. The first-order valence-electron chi connectivity index (χ1n) is 5.74. The first-order valence-corrected chi connectivity index (χ1v) is 6.12. The average Bonchev–Trinajstić information content (AvgIpc) is 2.46. The predicted octanol–water partition coefficient (Wildman–Crippen LogP) is 3.28. The van der Waals surface area contributed by atoms with E-state index in [1.54, 1.807) is 30.3 Å². The maximum atomic E-state index is 8.99. The van der Waals surface area contributed by atoms with E-state index < -0.39 is 0 Å². The molecule has 0 atom stereocenters. The van der Waals surface area contributed by atoms with Gasteiger partial charge in [0.25, 0.3) is 0 Å². The normalized spacial score (nSPS) is 9.95. The summed E-state index contributed by atoms with van der Waals surface area (Å²) < 4.78 is 5.60. The minimum absolute atomic E-state index is 0.0514. The van der Waals surface area contributed by atoms with E-state index in [4.69, 9.17) is 26.7 Å². The van der Waals surface area contributed by atoms with Crippen LogP contribution in [0.5, 0.6) is 5.75 Å². The van der Waals surface area contributed by atoms with E-state index in [0.717, 1.165) is 11.1 Å². The Kier molecular flexibility index (Phi) is 4.40. The molecule has 2 aromatic carbocycles. The van der Waals surface area contributed by atoms with Gasteiger partial charge in [0.2, 0.25) is 0 Å². The van der Waals surface area contributed by atoms with E-state index >= 15 is 0 Å². The second kappa shape index (κ2) is 6.24. The summed E-state index contributed by atoms with van der Waals surface area (Å²) in [4.78, 5) is 0. The van der Waals surface area contributed by atoms with Crippen LogP contribution in [0.4, 0.5) is 0 Å². The number of ether oxygens (including phenoxy) is 1. The van der Waals surface area contributed by atoms with Gasteiger partial charge >= 0.3 is 0 Å². The minimum Gasteiger partial charge on any atom is -0.487 e. The summed E-state index contributed by atoms with van der Waals surface area (Å²) >= 11 is 6.04. The molecule has 19 heavy (non-hydrogen) atoms. The van der Waals surface area contributed by atoms with Crippen LogP contribution in [0, 0.1) is 11.3 Å². The Bertz CT molecular complexity index is 620. The van der Waals surface area contributed by atoms with Gasteiger partial charge in [-0.3, -0.25) is 0 Å². The van der Waals surface area contributed by atoms with Crippen molar-refractivity contribution in [2.45, 2.75) is 13.2 Å². The van der Waals surface area contributed by atoms with E-state index in [1.165, 1.54) is 0 Å². The van der Waals surface area contributed by atoms with E-state index in [9.17, 15) is 0 Å². The molecule has 3 nitrogen and oxygen atoms in total. The Balaban J connectivity index is 2.08. The zero-order valence-electron chi connectivity index (χ0n) is 10.1. The topological polar surface area (TPSA) is 53.2 Å². The smallest absolute Gasteiger partial charge is 0.138 e. The van der Waals surface area contributed by atoms with Crippen LogP contribution in [0.1, 0.15) is 16.7 Å². The number of nitrogens with zero attached hydrogens (tertiary/aromatic N) is 1. The number of nitriles is 1. The summed E-state index contributed by atoms with van der Waals surface area (Å²) in [6.45, 7) is 0.290. The minimum atomic E-state index is -0.0514. The van der Waals surface area contributed by atoms with E-state index in [2.05, 4.69) is 6.07 Å². The Morgan fingerprint density at radius 1 is 1.16 bits per heavy atom. The fourth-order valence-electron chi connectivity index (χ4n) is 1.65. The molecule has 96 valence electrons. The molecule has 0 radical (unpaired) electrons. The van der Waals surface area contributed by atoms with Crippen LogP contribution < -0.4 is 4.74 Å². The van der Waals surface area contributed by atoms with Gasteiger partial charge in [0.1, 0.15) is 12.4 Å². The highest BCUT2D eigenvalue weighted by molar-refractivity contribution is 6.32. The molecule has 0 aromatic heterocycles. The zero-order valence-corrected chi connectivity index (χ0v) is 10.9. The molecule has 0 saturated carbocycles. The third-order valence-electron chi connectivity index (χ3n) is 2.63. The summed E-state index contributed by atoms with van der Waals surface area (Å²) in [6, 6.07) is 14.4. The molecule has 0 fully saturated rings. The van der Waals surface area contributed by atoms with Crippen molar-refractivity contribution in [1.82, 2.24) is 0 Å². The highest BCUT2D eigenvalue weighted by atomic mass is 35.5. The highest BCUT2D eigenvalue weighted by Crippen LogP contribution is 2.26. The summed E-state index contributed by atoms with van der Waals surface area (Å²) in [5.74, 6) is 0.557. The quantitative estimate of drug-likeness (QED) is 0.930. The van der Waals surface area contributed by atoms with Crippen LogP contribution in [0.15, 0.2) is 42.5 Å². The average molecular weight is 274 g/mol. The number of aliphatic hydroxyl groups is 1. The molecule has 0 saturated heterocycles. The summed E-state index contributed by atoms with van der Waals surface area (Å²) in [7, 11) is 0. The van der Waals surface area contributed by atoms with Crippen molar-refractivity contribution in [2.75, 3.05) is 0 Å². The molecule has 0 aliphatic carbocycles. The Morgan fingerprint density at radius 3 is 2.68 bits per heavy atom. The standard InChI is InChI=1S/C15H12ClNO2/c16-14-7-12(9-18)4-5-15(14)19-10-13-3-1-2-11(6-13)8-17/h1-7,18H,9-10H2. The van der Waals surface area contributed by atoms with Crippen LogP contribution in [-0.4, -0.2) is 5.11 Å². The van der Waals surface area contributed by atoms with Gasteiger partial charge in [-0.2, -0.15) is 5.26 Å². The van der Waals surface area contributed by atoms with Gasteiger partial charge in [-0.1, -0.05) is 29.8 Å². The second-order valence-electron chi connectivity index (χ2n) is 4.02. The molecule has 4 heteroatoms. The number of hydrogen-bond acceptors (Lipinski definition) is 3.